The number of fused-ring (bicyclic) bond motifs is 6. The predicted molar refractivity (Wildman–Crippen MR) is 93.4 cm³/mol. The molecule has 2 aromatic carbocycles. The molecule has 0 unspecified atom stereocenters. The molecule has 0 aliphatic carbocycles. The Labute approximate surface area is 143 Å². The molecule has 1 fully saturated rings. The Balaban J connectivity index is 1.48. The summed E-state index contributed by atoms with van der Waals surface area (Å²) in [6.45, 7) is 0. The first-order valence-corrected chi connectivity index (χ1v) is 8.41. The zero-order valence-corrected chi connectivity index (χ0v) is 13.5. The van der Waals surface area contributed by atoms with Crippen molar-refractivity contribution in [1.29, 1.82) is 0 Å². The number of hydrogen-bond acceptors (Lipinski definition) is 3. The maximum atomic E-state index is 12.7. The van der Waals surface area contributed by atoms with E-state index in [1.165, 1.54) is 24.0 Å². The number of halogens is 1. The summed E-state index contributed by atoms with van der Waals surface area (Å²) in [7, 11) is 0. The molecule has 2 aliphatic rings. The lowest BCUT2D eigenvalue weighted by Crippen LogP contribution is -2.13. The number of aromatic nitrogens is 2. The van der Waals surface area contributed by atoms with E-state index in [0.29, 0.717) is 22.7 Å². The molecule has 3 heterocycles. The van der Waals surface area contributed by atoms with Crippen molar-refractivity contribution < 1.29 is 4.79 Å². The third-order valence-corrected chi connectivity index (χ3v) is 5.23. The molecule has 5 nitrogen and oxygen atoms in total. The molecule has 0 radical (unpaired) electrons. The fraction of sp³-hybridized carbons (Fsp3) is 0.222. The van der Waals surface area contributed by atoms with E-state index in [-0.39, 0.29) is 5.91 Å². The van der Waals surface area contributed by atoms with Gasteiger partial charge in [-0.25, -0.2) is 0 Å². The van der Waals surface area contributed by atoms with E-state index in [2.05, 4.69) is 33.0 Å². The quantitative estimate of drug-likeness (QED) is 0.662. The Hall–Kier alpha value is -2.37. The lowest BCUT2D eigenvalue weighted by molar-refractivity contribution is 0.102. The van der Waals surface area contributed by atoms with Crippen molar-refractivity contribution in [2.75, 3.05) is 5.32 Å². The lowest BCUT2D eigenvalue weighted by Gasteiger charge is -2.15. The van der Waals surface area contributed by atoms with Crippen LogP contribution in [0, 0.1) is 0 Å². The highest BCUT2D eigenvalue weighted by atomic mass is 35.5. The topological polar surface area (TPSA) is 69.8 Å². The van der Waals surface area contributed by atoms with Gasteiger partial charge in [0.05, 0.1) is 17.3 Å². The van der Waals surface area contributed by atoms with Gasteiger partial charge >= 0.3 is 0 Å². The van der Waals surface area contributed by atoms with Gasteiger partial charge in [-0.05, 0) is 48.2 Å². The average molecular weight is 339 g/mol. The predicted octanol–water partition coefficient (Wildman–Crippen LogP) is 3.95. The van der Waals surface area contributed by atoms with E-state index in [9.17, 15) is 4.79 Å². The van der Waals surface area contributed by atoms with Crippen LogP contribution in [0.4, 0.5) is 5.69 Å². The van der Waals surface area contributed by atoms with Gasteiger partial charge in [-0.1, -0.05) is 17.7 Å². The number of hydrogen-bond donors (Lipinski definition) is 3. The molecule has 5 rings (SSSR count). The van der Waals surface area contributed by atoms with Crippen LogP contribution in [-0.2, 0) is 0 Å². The summed E-state index contributed by atoms with van der Waals surface area (Å²) >= 11 is 6.11. The second kappa shape index (κ2) is 5.06. The van der Waals surface area contributed by atoms with Crippen LogP contribution in [0.5, 0.6) is 0 Å². The van der Waals surface area contributed by atoms with Crippen LogP contribution in [0.1, 0.15) is 46.4 Å². The van der Waals surface area contributed by atoms with Crippen molar-refractivity contribution in [3.63, 3.8) is 0 Å². The van der Waals surface area contributed by atoms with E-state index in [1.807, 2.05) is 6.07 Å². The second-order valence-corrected chi connectivity index (χ2v) is 6.87. The number of carbonyl (C=O) groups is 1. The standard InChI is InChI=1S/C18H15ClN4O/c19-9-5-13(14-8-20-23-17(14)6-9)18(24)21-10-1-2-11-12(7-10)16-4-3-15(11)22-16/h1-2,5-8,15-16,22H,3-4H2,(H,20,23)(H,21,24)/t15-,16-/m1/s1. The molecule has 120 valence electrons. The van der Waals surface area contributed by atoms with Gasteiger partial charge in [0.1, 0.15) is 0 Å². The van der Waals surface area contributed by atoms with Crippen LogP contribution in [-0.4, -0.2) is 16.1 Å². The molecule has 2 atom stereocenters. The maximum Gasteiger partial charge on any atom is 0.256 e. The number of aromatic amines is 1. The SMILES string of the molecule is O=C(Nc1ccc2c(c1)[C@H]1CC[C@H]2N1)c1cc(Cl)cc2[nH]ncc12. The Bertz CT molecular complexity index is 980. The molecule has 3 N–H and O–H groups in total. The monoisotopic (exact) mass is 338 g/mol. The second-order valence-electron chi connectivity index (χ2n) is 6.43. The zero-order chi connectivity index (χ0) is 16.3. The highest BCUT2D eigenvalue weighted by Crippen LogP contribution is 2.45. The Morgan fingerprint density at radius 2 is 2.00 bits per heavy atom. The Kier molecular flexibility index (Phi) is 2.96. The summed E-state index contributed by atoms with van der Waals surface area (Å²) in [5.74, 6) is -0.181. The number of nitrogens with zero attached hydrogens (tertiary/aromatic N) is 1. The van der Waals surface area contributed by atoms with E-state index in [0.717, 1.165) is 16.6 Å². The molecule has 2 aliphatic heterocycles. The van der Waals surface area contributed by atoms with Crippen molar-refractivity contribution in [3.05, 3.63) is 58.2 Å². The van der Waals surface area contributed by atoms with Gasteiger partial charge in [-0.15, -0.1) is 0 Å². The van der Waals surface area contributed by atoms with Gasteiger partial charge in [0.25, 0.3) is 5.91 Å². The first-order chi connectivity index (χ1) is 11.7. The molecule has 3 aromatic rings. The highest BCUT2D eigenvalue weighted by Gasteiger charge is 2.36. The summed E-state index contributed by atoms with van der Waals surface area (Å²) in [6.07, 6.45) is 4.01. The van der Waals surface area contributed by atoms with Crippen molar-refractivity contribution in [2.45, 2.75) is 24.9 Å². The van der Waals surface area contributed by atoms with Crippen LogP contribution >= 0.6 is 11.6 Å². The van der Waals surface area contributed by atoms with Crippen molar-refractivity contribution >= 4 is 34.1 Å². The summed E-state index contributed by atoms with van der Waals surface area (Å²) in [4.78, 5) is 12.7. The van der Waals surface area contributed by atoms with Gasteiger partial charge in [0, 0.05) is 28.2 Å². The van der Waals surface area contributed by atoms with E-state index >= 15 is 0 Å². The zero-order valence-electron chi connectivity index (χ0n) is 12.8. The summed E-state index contributed by atoms with van der Waals surface area (Å²) in [5.41, 5.74) is 4.76. The minimum absolute atomic E-state index is 0.181. The number of carbonyl (C=O) groups excluding carboxylic acids is 1. The normalized spacial score (nSPS) is 21.2. The van der Waals surface area contributed by atoms with Crippen LogP contribution in [0.15, 0.2) is 36.5 Å². The molecular weight excluding hydrogens is 324 g/mol. The van der Waals surface area contributed by atoms with Crippen LogP contribution in [0.25, 0.3) is 10.9 Å². The fourth-order valence-electron chi connectivity index (χ4n) is 3.91. The van der Waals surface area contributed by atoms with Crippen molar-refractivity contribution in [1.82, 2.24) is 15.5 Å². The Morgan fingerprint density at radius 1 is 1.17 bits per heavy atom. The number of rotatable bonds is 2. The molecule has 1 amide bonds. The summed E-state index contributed by atoms with van der Waals surface area (Å²) < 4.78 is 0. The molecule has 2 bridgehead atoms. The lowest BCUT2D eigenvalue weighted by atomic mass is 9.91. The van der Waals surface area contributed by atoms with Gasteiger partial charge in [-0.2, -0.15) is 5.10 Å². The molecule has 6 heteroatoms. The molecule has 1 saturated heterocycles. The van der Waals surface area contributed by atoms with E-state index in [4.69, 9.17) is 11.6 Å². The smallest absolute Gasteiger partial charge is 0.256 e. The summed E-state index contributed by atoms with van der Waals surface area (Å²) in [5, 5.41) is 14.7. The number of benzene rings is 2. The van der Waals surface area contributed by atoms with Crippen LogP contribution in [0.3, 0.4) is 0 Å². The minimum atomic E-state index is -0.181. The van der Waals surface area contributed by atoms with Crippen LogP contribution in [0.2, 0.25) is 5.02 Å². The third kappa shape index (κ3) is 2.05. The molecular formula is C18H15ClN4O. The molecule has 0 spiro atoms. The van der Waals surface area contributed by atoms with Gasteiger partial charge < -0.3 is 10.6 Å². The molecule has 24 heavy (non-hydrogen) atoms. The van der Waals surface area contributed by atoms with Gasteiger partial charge in [0.15, 0.2) is 0 Å². The van der Waals surface area contributed by atoms with Crippen molar-refractivity contribution in [3.8, 4) is 0 Å². The largest absolute Gasteiger partial charge is 0.322 e. The van der Waals surface area contributed by atoms with Crippen LogP contribution < -0.4 is 10.6 Å². The first-order valence-electron chi connectivity index (χ1n) is 8.03. The number of anilines is 1. The highest BCUT2D eigenvalue weighted by molar-refractivity contribution is 6.32. The van der Waals surface area contributed by atoms with Crippen molar-refractivity contribution in [2.24, 2.45) is 0 Å². The molecule has 0 saturated carbocycles. The maximum absolute atomic E-state index is 12.7. The third-order valence-electron chi connectivity index (χ3n) is 5.01. The first kappa shape index (κ1) is 14.0. The summed E-state index contributed by atoms with van der Waals surface area (Å²) in [6, 6.07) is 10.5. The number of amides is 1. The van der Waals surface area contributed by atoms with E-state index in [1.54, 1.807) is 18.3 Å². The molecule has 1 aromatic heterocycles. The fourth-order valence-corrected chi connectivity index (χ4v) is 4.13. The van der Waals surface area contributed by atoms with Gasteiger partial charge in [-0.3, -0.25) is 9.89 Å². The van der Waals surface area contributed by atoms with Gasteiger partial charge in [0.2, 0.25) is 0 Å². The number of nitrogens with one attached hydrogen (secondary N) is 3. The number of H-pyrrole nitrogens is 1. The minimum Gasteiger partial charge on any atom is -0.322 e. The Morgan fingerprint density at radius 3 is 2.88 bits per heavy atom. The van der Waals surface area contributed by atoms with E-state index < -0.39 is 0 Å². The average Bonchev–Trinajstić information content (AvgIpc) is 3.29.